The molecule has 2 heterocycles. The first-order valence-electron chi connectivity index (χ1n) is 9.15. The van der Waals surface area contributed by atoms with E-state index in [9.17, 15) is 9.90 Å². The summed E-state index contributed by atoms with van der Waals surface area (Å²) < 4.78 is 1.60. The Hall–Kier alpha value is -3.16. The largest absolute Gasteiger partial charge is 0.465 e. The Labute approximate surface area is 164 Å². The van der Waals surface area contributed by atoms with Crippen molar-refractivity contribution in [3.8, 4) is 0 Å². The lowest BCUT2D eigenvalue weighted by atomic mass is 10.1. The highest BCUT2D eigenvalue weighted by Gasteiger charge is 2.32. The van der Waals surface area contributed by atoms with E-state index in [1.807, 2.05) is 50.9 Å². The van der Waals surface area contributed by atoms with Crippen LogP contribution in [0.4, 0.5) is 16.3 Å². The number of rotatable bonds is 4. The second-order valence-electron chi connectivity index (χ2n) is 7.86. The van der Waals surface area contributed by atoms with Gasteiger partial charge in [-0.2, -0.15) is 4.52 Å². The van der Waals surface area contributed by atoms with Gasteiger partial charge in [-0.05, 0) is 40.2 Å². The van der Waals surface area contributed by atoms with Gasteiger partial charge in [0.1, 0.15) is 0 Å². The minimum Gasteiger partial charge on any atom is -0.465 e. The lowest BCUT2D eigenvalue weighted by molar-refractivity contribution is 0.195. The molecule has 1 N–H and O–H groups in total. The summed E-state index contributed by atoms with van der Waals surface area (Å²) in [4.78, 5) is 15.4. The van der Waals surface area contributed by atoms with Gasteiger partial charge in [-0.15, -0.1) is 15.3 Å². The molecule has 0 radical (unpaired) electrons. The SMILES string of the molecule is Cc1nnc2c(N(C(=O)O)C(C)(C)C)cc(N(C)C(C)c3ccccc3)nn12. The minimum absolute atomic E-state index is 0.0451. The molecule has 1 atom stereocenters. The van der Waals surface area contributed by atoms with Crippen molar-refractivity contribution in [1.82, 2.24) is 19.8 Å². The summed E-state index contributed by atoms with van der Waals surface area (Å²) in [6.45, 7) is 9.41. The zero-order valence-corrected chi connectivity index (χ0v) is 17.1. The lowest BCUT2D eigenvalue weighted by Crippen LogP contribution is -2.45. The van der Waals surface area contributed by atoms with E-state index in [2.05, 4.69) is 34.4 Å². The van der Waals surface area contributed by atoms with Crippen LogP contribution in [-0.4, -0.2) is 43.6 Å². The van der Waals surface area contributed by atoms with Gasteiger partial charge in [0.25, 0.3) is 0 Å². The average Bonchev–Trinajstić information content (AvgIpc) is 3.01. The van der Waals surface area contributed by atoms with Gasteiger partial charge in [0.15, 0.2) is 11.6 Å². The van der Waals surface area contributed by atoms with Crippen LogP contribution in [0.5, 0.6) is 0 Å². The standard InChI is InChI=1S/C20H26N6O2/c1-13(15-10-8-7-9-11-15)24(6)17-12-16(25(19(27)28)20(3,4)5)18-22-21-14(2)26(18)23-17/h7-13H,1-6H3,(H,27,28). The van der Waals surface area contributed by atoms with Crippen molar-refractivity contribution < 1.29 is 9.90 Å². The Morgan fingerprint density at radius 3 is 2.39 bits per heavy atom. The Bertz CT molecular complexity index is 993. The normalized spacial score (nSPS) is 12.8. The number of aryl methyl sites for hydroxylation is 1. The molecule has 28 heavy (non-hydrogen) atoms. The molecule has 0 aliphatic rings. The molecular formula is C20H26N6O2. The van der Waals surface area contributed by atoms with E-state index in [1.165, 1.54) is 4.90 Å². The number of carboxylic acid groups (broad SMARTS) is 1. The molecule has 0 aliphatic heterocycles. The Morgan fingerprint density at radius 2 is 1.82 bits per heavy atom. The highest BCUT2D eigenvalue weighted by atomic mass is 16.4. The van der Waals surface area contributed by atoms with Gasteiger partial charge in [-0.3, -0.25) is 4.90 Å². The summed E-state index contributed by atoms with van der Waals surface area (Å²) in [6.07, 6.45) is -1.05. The number of hydrogen-bond donors (Lipinski definition) is 1. The molecule has 8 heteroatoms. The van der Waals surface area contributed by atoms with E-state index in [0.717, 1.165) is 5.56 Å². The van der Waals surface area contributed by atoms with Crippen LogP contribution in [0, 0.1) is 6.92 Å². The second-order valence-corrected chi connectivity index (χ2v) is 7.86. The third kappa shape index (κ3) is 3.49. The summed E-state index contributed by atoms with van der Waals surface area (Å²) >= 11 is 0. The van der Waals surface area contributed by atoms with Gasteiger partial charge in [-0.1, -0.05) is 30.3 Å². The number of hydrogen-bond acceptors (Lipinski definition) is 5. The first-order valence-corrected chi connectivity index (χ1v) is 9.15. The molecule has 0 fully saturated rings. The van der Waals surface area contributed by atoms with Gasteiger partial charge in [0.2, 0.25) is 5.65 Å². The highest BCUT2D eigenvalue weighted by Crippen LogP contribution is 2.32. The van der Waals surface area contributed by atoms with Gasteiger partial charge >= 0.3 is 6.09 Å². The molecule has 0 saturated heterocycles. The fourth-order valence-corrected chi connectivity index (χ4v) is 3.20. The lowest BCUT2D eigenvalue weighted by Gasteiger charge is -2.34. The zero-order valence-electron chi connectivity index (χ0n) is 17.1. The molecule has 8 nitrogen and oxygen atoms in total. The third-order valence-electron chi connectivity index (χ3n) is 4.82. The Balaban J connectivity index is 2.17. The van der Waals surface area contributed by atoms with Crippen LogP contribution < -0.4 is 9.80 Å². The second kappa shape index (κ2) is 7.10. The number of anilines is 2. The predicted molar refractivity (Wildman–Crippen MR) is 109 cm³/mol. The summed E-state index contributed by atoms with van der Waals surface area (Å²) in [6, 6.07) is 11.9. The third-order valence-corrected chi connectivity index (χ3v) is 4.82. The first kappa shape index (κ1) is 19.6. The average molecular weight is 382 g/mol. The van der Waals surface area contributed by atoms with Gasteiger partial charge in [0, 0.05) is 18.7 Å². The molecule has 0 saturated carbocycles. The van der Waals surface area contributed by atoms with Crippen LogP contribution in [-0.2, 0) is 0 Å². The molecule has 0 spiro atoms. The summed E-state index contributed by atoms with van der Waals surface area (Å²) in [5.41, 5.74) is 1.35. The maximum absolute atomic E-state index is 12.1. The number of benzene rings is 1. The zero-order chi connectivity index (χ0) is 20.6. The van der Waals surface area contributed by atoms with Crippen molar-refractivity contribution in [2.45, 2.75) is 46.2 Å². The number of nitrogens with zero attached hydrogens (tertiary/aromatic N) is 6. The minimum atomic E-state index is -1.05. The highest BCUT2D eigenvalue weighted by molar-refractivity contribution is 5.93. The van der Waals surface area contributed by atoms with Gasteiger partial charge in [0.05, 0.1) is 11.7 Å². The molecule has 0 bridgehead atoms. The molecule has 0 aliphatic carbocycles. The van der Waals surface area contributed by atoms with Crippen molar-refractivity contribution in [1.29, 1.82) is 0 Å². The van der Waals surface area contributed by atoms with Crippen LogP contribution in [0.15, 0.2) is 36.4 Å². The molecule has 2 aromatic heterocycles. The summed E-state index contributed by atoms with van der Waals surface area (Å²) in [5, 5.41) is 22.8. The van der Waals surface area contributed by atoms with Crippen LogP contribution in [0.3, 0.4) is 0 Å². The van der Waals surface area contributed by atoms with Crippen molar-refractivity contribution in [2.24, 2.45) is 0 Å². The number of carbonyl (C=O) groups is 1. The van der Waals surface area contributed by atoms with Crippen LogP contribution in [0.1, 0.15) is 45.1 Å². The molecule has 3 rings (SSSR count). The fraction of sp³-hybridized carbons (Fsp3) is 0.400. The fourth-order valence-electron chi connectivity index (χ4n) is 3.20. The van der Waals surface area contributed by atoms with Crippen LogP contribution in [0.2, 0.25) is 0 Å². The summed E-state index contributed by atoms with van der Waals surface area (Å²) in [7, 11) is 1.94. The molecule has 1 unspecified atom stereocenters. The maximum atomic E-state index is 12.1. The number of fused-ring (bicyclic) bond motifs is 1. The van der Waals surface area contributed by atoms with Gasteiger partial charge in [-0.25, -0.2) is 4.79 Å². The molecule has 1 aromatic carbocycles. The topological polar surface area (TPSA) is 86.9 Å². The molecule has 3 aromatic rings. The Morgan fingerprint density at radius 1 is 1.18 bits per heavy atom. The van der Waals surface area contributed by atoms with E-state index < -0.39 is 11.6 Å². The number of aromatic nitrogens is 4. The van der Waals surface area contributed by atoms with E-state index in [0.29, 0.717) is 23.0 Å². The van der Waals surface area contributed by atoms with Crippen molar-refractivity contribution >= 4 is 23.2 Å². The van der Waals surface area contributed by atoms with Crippen LogP contribution in [0.25, 0.3) is 5.65 Å². The first-order chi connectivity index (χ1) is 13.1. The van der Waals surface area contributed by atoms with E-state index >= 15 is 0 Å². The van der Waals surface area contributed by atoms with E-state index in [1.54, 1.807) is 17.5 Å². The number of amides is 1. The monoisotopic (exact) mass is 382 g/mol. The Kier molecular flexibility index (Phi) is 4.97. The molecule has 1 amide bonds. The predicted octanol–water partition coefficient (Wildman–Crippen LogP) is 3.91. The van der Waals surface area contributed by atoms with Crippen molar-refractivity contribution in [3.63, 3.8) is 0 Å². The quantitative estimate of drug-likeness (QED) is 0.736. The summed E-state index contributed by atoms with van der Waals surface area (Å²) in [5.74, 6) is 1.23. The van der Waals surface area contributed by atoms with E-state index in [-0.39, 0.29) is 6.04 Å². The van der Waals surface area contributed by atoms with Crippen molar-refractivity contribution in [2.75, 3.05) is 16.8 Å². The molecular weight excluding hydrogens is 356 g/mol. The maximum Gasteiger partial charge on any atom is 0.412 e. The van der Waals surface area contributed by atoms with Crippen molar-refractivity contribution in [3.05, 3.63) is 47.8 Å². The molecule has 148 valence electrons. The van der Waals surface area contributed by atoms with E-state index in [4.69, 9.17) is 0 Å². The van der Waals surface area contributed by atoms with Gasteiger partial charge < -0.3 is 10.0 Å². The smallest absolute Gasteiger partial charge is 0.412 e. The van der Waals surface area contributed by atoms with Crippen LogP contribution >= 0.6 is 0 Å².